The largest absolute Gasteiger partial charge is 0.481 e. The van der Waals surface area contributed by atoms with Crippen molar-refractivity contribution < 1.29 is 4.74 Å². The molecule has 76 valence electrons. The van der Waals surface area contributed by atoms with E-state index in [1.807, 2.05) is 23.9 Å². The van der Waals surface area contributed by atoms with Crippen molar-refractivity contribution in [3.05, 3.63) is 18.2 Å². The highest BCUT2D eigenvalue weighted by atomic mass is 32.2. The van der Waals surface area contributed by atoms with Gasteiger partial charge in [0.25, 0.3) is 0 Å². The standard InChI is InChI=1S/C11H15NOS/c1-13-10-7-4-8-11(12-10)14-9-5-2-3-6-9/h4,7-9H,2-3,5-6H2,1H3. The zero-order valence-electron chi connectivity index (χ0n) is 8.40. The van der Waals surface area contributed by atoms with E-state index in [1.165, 1.54) is 25.7 Å². The van der Waals surface area contributed by atoms with Gasteiger partial charge in [0.05, 0.1) is 7.11 Å². The van der Waals surface area contributed by atoms with Crippen molar-refractivity contribution in [3.63, 3.8) is 0 Å². The van der Waals surface area contributed by atoms with E-state index >= 15 is 0 Å². The summed E-state index contributed by atoms with van der Waals surface area (Å²) in [5.41, 5.74) is 0. The van der Waals surface area contributed by atoms with Crippen LogP contribution in [0.4, 0.5) is 0 Å². The third-order valence-corrected chi connectivity index (χ3v) is 3.77. The average molecular weight is 209 g/mol. The molecule has 1 fully saturated rings. The smallest absolute Gasteiger partial charge is 0.213 e. The fourth-order valence-electron chi connectivity index (χ4n) is 1.75. The monoisotopic (exact) mass is 209 g/mol. The van der Waals surface area contributed by atoms with Crippen molar-refractivity contribution in [2.45, 2.75) is 36.0 Å². The van der Waals surface area contributed by atoms with Gasteiger partial charge in [-0.3, -0.25) is 0 Å². The van der Waals surface area contributed by atoms with Gasteiger partial charge in [0, 0.05) is 11.3 Å². The Morgan fingerprint density at radius 1 is 1.36 bits per heavy atom. The lowest BCUT2D eigenvalue weighted by Gasteiger charge is -2.08. The zero-order valence-corrected chi connectivity index (χ0v) is 9.22. The lowest BCUT2D eigenvalue weighted by molar-refractivity contribution is 0.394. The lowest BCUT2D eigenvalue weighted by atomic mass is 10.4. The van der Waals surface area contributed by atoms with E-state index in [1.54, 1.807) is 7.11 Å². The Morgan fingerprint density at radius 2 is 2.14 bits per heavy atom. The molecule has 1 aliphatic rings. The Morgan fingerprint density at radius 3 is 2.86 bits per heavy atom. The van der Waals surface area contributed by atoms with Crippen LogP contribution < -0.4 is 4.74 Å². The SMILES string of the molecule is COc1cccc(SC2CCCC2)n1. The fourth-order valence-corrected chi connectivity index (χ4v) is 2.96. The second-order valence-corrected chi connectivity index (χ2v) is 4.86. The van der Waals surface area contributed by atoms with Gasteiger partial charge in [-0.05, 0) is 18.9 Å². The molecule has 1 heterocycles. The van der Waals surface area contributed by atoms with E-state index in [-0.39, 0.29) is 0 Å². The molecule has 2 rings (SSSR count). The fraction of sp³-hybridized carbons (Fsp3) is 0.545. The third-order valence-electron chi connectivity index (χ3n) is 2.50. The van der Waals surface area contributed by atoms with E-state index in [2.05, 4.69) is 11.1 Å². The number of pyridine rings is 1. The predicted octanol–water partition coefficient (Wildman–Crippen LogP) is 3.12. The first kappa shape index (κ1) is 9.84. The molecule has 2 nitrogen and oxygen atoms in total. The van der Waals surface area contributed by atoms with E-state index < -0.39 is 0 Å². The topological polar surface area (TPSA) is 22.1 Å². The van der Waals surface area contributed by atoms with Crippen LogP contribution in [0, 0.1) is 0 Å². The second-order valence-electron chi connectivity index (χ2n) is 3.54. The Bertz CT molecular complexity index is 297. The first-order valence-electron chi connectivity index (χ1n) is 5.06. The molecule has 1 aromatic heterocycles. The molecule has 1 saturated carbocycles. The van der Waals surface area contributed by atoms with Crippen LogP contribution in [0.5, 0.6) is 5.88 Å². The molecule has 0 spiro atoms. The van der Waals surface area contributed by atoms with Crippen LogP contribution in [-0.4, -0.2) is 17.3 Å². The summed E-state index contributed by atoms with van der Waals surface area (Å²) < 4.78 is 5.09. The Balaban J connectivity index is 2.00. The number of nitrogens with zero attached hydrogens (tertiary/aromatic N) is 1. The highest BCUT2D eigenvalue weighted by molar-refractivity contribution is 7.99. The molecule has 0 atom stereocenters. The second kappa shape index (κ2) is 4.69. The van der Waals surface area contributed by atoms with Crippen molar-refractivity contribution in [2.75, 3.05) is 7.11 Å². The highest BCUT2D eigenvalue weighted by Crippen LogP contribution is 2.34. The van der Waals surface area contributed by atoms with E-state index in [4.69, 9.17) is 4.74 Å². The van der Waals surface area contributed by atoms with Gasteiger partial charge in [-0.1, -0.05) is 18.9 Å². The molecule has 0 unspecified atom stereocenters. The van der Waals surface area contributed by atoms with E-state index in [0.717, 1.165) is 10.3 Å². The van der Waals surface area contributed by atoms with E-state index in [9.17, 15) is 0 Å². The molecule has 0 bridgehead atoms. The lowest BCUT2D eigenvalue weighted by Crippen LogP contribution is -1.95. The quantitative estimate of drug-likeness (QED) is 0.763. The molecule has 0 N–H and O–H groups in total. The summed E-state index contributed by atoms with van der Waals surface area (Å²) in [6.07, 6.45) is 5.43. The predicted molar refractivity (Wildman–Crippen MR) is 58.9 cm³/mol. The molecule has 0 aromatic carbocycles. The van der Waals surface area contributed by atoms with Crippen LogP contribution in [0.1, 0.15) is 25.7 Å². The summed E-state index contributed by atoms with van der Waals surface area (Å²) in [6.45, 7) is 0. The first-order valence-corrected chi connectivity index (χ1v) is 5.94. The van der Waals surface area contributed by atoms with Crippen molar-refractivity contribution in [1.29, 1.82) is 0 Å². The number of methoxy groups -OCH3 is 1. The summed E-state index contributed by atoms with van der Waals surface area (Å²) in [4.78, 5) is 4.40. The molecule has 1 aromatic rings. The van der Waals surface area contributed by atoms with E-state index in [0.29, 0.717) is 5.88 Å². The maximum absolute atomic E-state index is 5.09. The molecule has 0 radical (unpaired) electrons. The Kier molecular flexibility index (Phi) is 3.30. The first-order chi connectivity index (χ1) is 6.88. The van der Waals surface area contributed by atoms with Crippen LogP contribution >= 0.6 is 11.8 Å². The Labute approximate surface area is 89.1 Å². The molecule has 3 heteroatoms. The third kappa shape index (κ3) is 2.41. The van der Waals surface area contributed by atoms with Gasteiger partial charge in [-0.2, -0.15) is 0 Å². The van der Waals surface area contributed by atoms with Crippen LogP contribution in [0.3, 0.4) is 0 Å². The minimum absolute atomic E-state index is 0.716. The normalized spacial score (nSPS) is 17.2. The number of thioether (sulfide) groups is 1. The summed E-state index contributed by atoms with van der Waals surface area (Å²) in [5.74, 6) is 0.716. The molecule has 0 saturated heterocycles. The zero-order chi connectivity index (χ0) is 9.80. The maximum Gasteiger partial charge on any atom is 0.213 e. The van der Waals surface area contributed by atoms with Gasteiger partial charge >= 0.3 is 0 Å². The van der Waals surface area contributed by atoms with Crippen LogP contribution in [0.15, 0.2) is 23.2 Å². The van der Waals surface area contributed by atoms with Crippen molar-refractivity contribution in [2.24, 2.45) is 0 Å². The molecule has 14 heavy (non-hydrogen) atoms. The molecular formula is C11H15NOS. The van der Waals surface area contributed by atoms with Crippen molar-refractivity contribution in [1.82, 2.24) is 4.98 Å². The molecular weight excluding hydrogens is 194 g/mol. The number of hydrogen-bond acceptors (Lipinski definition) is 3. The number of aromatic nitrogens is 1. The molecule has 0 aliphatic heterocycles. The average Bonchev–Trinajstić information content (AvgIpc) is 2.71. The van der Waals surface area contributed by atoms with Gasteiger partial charge in [0.15, 0.2) is 0 Å². The number of rotatable bonds is 3. The summed E-state index contributed by atoms with van der Waals surface area (Å²) in [5, 5.41) is 1.87. The minimum atomic E-state index is 0.716. The van der Waals surface area contributed by atoms with Crippen LogP contribution in [0.2, 0.25) is 0 Å². The molecule has 1 aliphatic carbocycles. The maximum atomic E-state index is 5.09. The van der Waals surface area contributed by atoms with Gasteiger partial charge in [-0.25, -0.2) is 4.98 Å². The van der Waals surface area contributed by atoms with Crippen LogP contribution in [0.25, 0.3) is 0 Å². The Hall–Kier alpha value is -0.700. The summed E-state index contributed by atoms with van der Waals surface area (Å²) >= 11 is 1.89. The number of hydrogen-bond donors (Lipinski definition) is 0. The van der Waals surface area contributed by atoms with Crippen molar-refractivity contribution >= 4 is 11.8 Å². The van der Waals surface area contributed by atoms with Crippen molar-refractivity contribution in [3.8, 4) is 5.88 Å². The summed E-state index contributed by atoms with van der Waals surface area (Å²) in [7, 11) is 1.66. The number of ether oxygens (including phenoxy) is 1. The molecule has 0 amide bonds. The minimum Gasteiger partial charge on any atom is -0.481 e. The summed E-state index contributed by atoms with van der Waals surface area (Å²) in [6, 6.07) is 5.95. The van der Waals surface area contributed by atoms with Gasteiger partial charge in [0.2, 0.25) is 5.88 Å². The highest BCUT2D eigenvalue weighted by Gasteiger charge is 2.16. The van der Waals surface area contributed by atoms with Crippen LogP contribution in [-0.2, 0) is 0 Å². The van der Waals surface area contributed by atoms with Gasteiger partial charge in [0.1, 0.15) is 5.03 Å². The van der Waals surface area contributed by atoms with Gasteiger partial charge < -0.3 is 4.74 Å². The van der Waals surface area contributed by atoms with Gasteiger partial charge in [-0.15, -0.1) is 11.8 Å².